The summed E-state index contributed by atoms with van der Waals surface area (Å²) in [5.41, 5.74) is 2.65. The Balaban J connectivity index is 2.52. The first-order valence-electron chi connectivity index (χ1n) is 4.52. The third kappa shape index (κ3) is 1.47. The highest BCUT2D eigenvalue weighted by Crippen LogP contribution is 2.47. The van der Waals surface area contributed by atoms with E-state index in [0.717, 1.165) is 34.6 Å². The molecule has 1 aromatic rings. The molecule has 1 fully saturated rings. The highest BCUT2D eigenvalue weighted by Gasteiger charge is 2.43. The molecule has 0 spiro atoms. The summed E-state index contributed by atoms with van der Waals surface area (Å²) >= 11 is 5.97. The van der Waals surface area contributed by atoms with Crippen LogP contribution >= 0.6 is 11.6 Å². The lowest BCUT2D eigenvalue weighted by atomic mass is 9.99. The first-order chi connectivity index (χ1) is 6.03. The topological polar surface area (TPSA) is 20.2 Å². The lowest BCUT2D eigenvalue weighted by Crippen LogP contribution is -2.07. The Labute approximate surface area is 83.3 Å². The van der Waals surface area contributed by atoms with Gasteiger partial charge in [0.15, 0.2) is 0 Å². The highest BCUT2D eigenvalue weighted by atomic mass is 35.5. The quantitative estimate of drug-likeness (QED) is 0.733. The molecule has 70 valence electrons. The molecule has 0 unspecified atom stereocenters. The lowest BCUT2D eigenvalue weighted by molar-refractivity contribution is 0.150. The molecule has 0 amide bonds. The molecule has 2 rings (SSSR count). The van der Waals surface area contributed by atoms with Gasteiger partial charge in [-0.15, -0.1) is 0 Å². The second kappa shape index (κ2) is 2.73. The SMILES string of the molecule is Cc1cc(C2(O)CC2)c(C)cc1Cl. The second-order valence-corrected chi connectivity index (χ2v) is 4.36. The van der Waals surface area contributed by atoms with Gasteiger partial charge >= 0.3 is 0 Å². The average Bonchev–Trinajstić information content (AvgIpc) is 2.77. The predicted octanol–water partition coefficient (Wildman–Crippen LogP) is 2.94. The van der Waals surface area contributed by atoms with E-state index in [-0.39, 0.29) is 0 Å². The third-order valence-corrected chi connectivity index (χ3v) is 3.14. The minimum Gasteiger partial charge on any atom is -0.385 e. The van der Waals surface area contributed by atoms with Crippen LogP contribution in [0, 0.1) is 13.8 Å². The summed E-state index contributed by atoms with van der Waals surface area (Å²) in [5, 5.41) is 10.7. The summed E-state index contributed by atoms with van der Waals surface area (Å²) in [5.74, 6) is 0. The lowest BCUT2D eigenvalue weighted by Gasteiger charge is -2.13. The number of benzene rings is 1. The van der Waals surface area contributed by atoms with Gasteiger partial charge in [-0.25, -0.2) is 0 Å². The van der Waals surface area contributed by atoms with E-state index in [1.807, 2.05) is 26.0 Å². The Bertz CT molecular complexity index is 353. The smallest absolute Gasteiger partial charge is 0.0901 e. The molecule has 0 radical (unpaired) electrons. The molecule has 0 heterocycles. The molecular formula is C11H13ClO. The van der Waals surface area contributed by atoms with Crippen LogP contribution in [-0.4, -0.2) is 5.11 Å². The van der Waals surface area contributed by atoms with Gasteiger partial charge in [0.1, 0.15) is 0 Å². The fraction of sp³-hybridized carbons (Fsp3) is 0.455. The number of aliphatic hydroxyl groups is 1. The van der Waals surface area contributed by atoms with Gasteiger partial charge in [0, 0.05) is 5.02 Å². The monoisotopic (exact) mass is 196 g/mol. The number of hydrogen-bond acceptors (Lipinski definition) is 1. The van der Waals surface area contributed by atoms with Gasteiger partial charge in [0.05, 0.1) is 5.60 Å². The minimum absolute atomic E-state index is 0.542. The fourth-order valence-electron chi connectivity index (χ4n) is 1.67. The largest absolute Gasteiger partial charge is 0.385 e. The molecule has 2 heteroatoms. The van der Waals surface area contributed by atoms with Crippen molar-refractivity contribution in [3.05, 3.63) is 33.8 Å². The first-order valence-corrected chi connectivity index (χ1v) is 4.90. The maximum absolute atomic E-state index is 9.95. The first kappa shape index (κ1) is 9.04. The normalized spacial score (nSPS) is 18.8. The van der Waals surface area contributed by atoms with Crippen molar-refractivity contribution in [3.63, 3.8) is 0 Å². The van der Waals surface area contributed by atoms with E-state index >= 15 is 0 Å². The number of rotatable bonds is 1. The Morgan fingerprint density at radius 1 is 1.23 bits per heavy atom. The Morgan fingerprint density at radius 3 is 2.38 bits per heavy atom. The molecule has 1 N–H and O–H groups in total. The van der Waals surface area contributed by atoms with Gasteiger partial charge in [-0.2, -0.15) is 0 Å². The van der Waals surface area contributed by atoms with Crippen LogP contribution in [0.3, 0.4) is 0 Å². The standard InChI is InChI=1S/C11H13ClO/c1-7-6-10(12)8(2)5-9(7)11(13)3-4-11/h5-6,13H,3-4H2,1-2H3. The van der Waals surface area contributed by atoms with Crippen LogP contribution in [-0.2, 0) is 5.60 Å². The second-order valence-electron chi connectivity index (χ2n) is 3.95. The van der Waals surface area contributed by atoms with Crippen LogP contribution in [0.1, 0.15) is 29.5 Å². The van der Waals surface area contributed by atoms with Crippen molar-refractivity contribution in [1.82, 2.24) is 0 Å². The zero-order valence-corrected chi connectivity index (χ0v) is 8.65. The van der Waals surface area contributed by atoms with Gasteiger partial charge in [-0.3, -0.25) is 0 Å². The van der Waals surface area contributed by atoms with Crippen LogP contribution in [0.2, 0.25) is 5.02 Å². The summed E-state index contributed by atoms with van der Waals surface area (Å²) in [4.78, 5) is 0. The van der Waals surface area contributed by atoms with E-state index in [2.05, 4.69) is 0 Å². The average molecular weight is 197 g/mol. The van der Waals surface area contributed by atoms with Gasteiger partial charge in [0.2, 0.25) is 0 Å². The van der Waals surface area contributed by atoms with Gasteiger partial charge < -0.3 is 5.11 Å². The van der Waals surface area contributed by atoms with Crippen molar-refractivity contribution in [2.75, 3.05) is 0 Å². The minimum atomic E-state index is -0.542. The van der Waals surface area contributed by atoms with Crippen LogP contribution in [0.5, 0.6) is 0 Å². The molecule has 1 nitrogen and oxygen atoms in total. The van der Waals surface area contributed by atoms with E-state index in [9.17, 15) is 5.11 Å². The number of hydrogen-bond donors (Lipinski definition) is 1. The van der Waals surface area contributed by atoms with Gasteiger partial charge in [0.25, 0.3) is 0 Å². The van der Waals surface area contributed by atoms with E-state index in [0.29, 0.717) is 0 Å². The zero-order chi connectivity index (χ0) is 9.64. The summed E-state index contributed by atoms with van der Waals surface area (Å²) in [6, 6.07) is 3.94. The third-order valence-electron chi connectivity index (χ3n) is 2.73. The maximum Gasteiger partial charge on any atom is 0.0901 e. The molecule has 0 saturated heterocycles. The van der Waals surface area contributed by atoms with Gasteiger partial charge in [-0.1, -0.05) is 17.7 Å². The number of aryl methyl sites for hydroxylation is 2. The van der Waals surface area contributed by atoms with Gasteiger partial charge in [-0.05, 0) is 49.4 Å². The summed E-state index contributed by atoms with van der Waals surface area (Å²) in [6.45, 7) is 3.97. The van der Waals surface area contributed by atoms with E-state index < -0.39 is 5.60 Å². The zero-order valence-electron chi connectivity index (χ0n) is 7.89. The Morgan fingerprint density at radius 2 is 1.85 bits per heavy atom. The molecule has 1 saturated carbocycles. The molecule has 0 atom stereocenters. The van der Waals surface area contributed by atoms with Crippen molar-refractivity contribution in [2.24, 2.45) is 0 Å². The van der Waals surface area contributed by atoms with Crippen molar-refractivity contribution in [2.45, 2.75) is 32.3 Å². The van der Waals surface area contributed by atoms with Crippen LogP contribution in [0.25, 0.3) is 0 Å². The molecular weight excluding hydrogens is 184 g/mol. The molecule has 1 aliphatic carbocycles. The molecule has 1 aliphatic rings. The molecule has 13 heavy (non-hydrogen) atoms. The fourth-order valence-corrected chi connectivity index (χ4v) is 1.89. The maximum atomic E-state index is 9.95. The van der Waals surface area contributed by atoms with Crippen molar-refractivity contribution < 1.29 is 5.11 Å². The van der Waals surface area contributed by atoms with Crippen LogP contribution < -0.4 is 0 Å². The van der Waals surface area contributed by atoms with Crippen LogP contribution in [0.4, 0.5) is 0 Å². The molecule has 0 bridgehead atoms. The molecule has 1 aromatic carbocycles. The molecule has 0 aromatic heterocycles. The Hall–Kier alpha value is -0.530. The summed E-state index contributed by atoms with van der Waals surface area (Å²) in [7, 11) is 0. The van der Waals surface area contributed by atoms with E-state index in [1.165, 1.54) is 0 Å². The summed E-state index contributed by atoms with van der Waals surface area (Å²) in [6.07, 6.45) is 1.77. The van der Waals surface area contributed by atoms with Crippen LogP contribution in [0.15, 0.2) is 12.1 Å². The predicted molar refractivity (Wildman–Crippen MR) is 54.1 cm³/mol. The van der Waals surface area contributed by atoms with Crippen molar-refractivity contribution in [3.8, 4) is 0 Å². The van der Waals surface area contributed by atoms with Crippen molar-refractivity contribution >= 4 is 11.6 Å². The summed E-state index contributed by atoms with van der Waals surface area (Å²) < 4.78 is 0. The molecule has 0 aliphatic heterocycles. The number of halogens is 1. The van der Waals surface area contributed by atoms with E-state index in [1.54, 1.807) is 0 Å². The van der Waals surface area contributed by atoms with Crippen molar-refractivity contribution in [1.29, 1.82) is 0 Å². The Kier molecular flexibility index (Phi) is 1.90. The van der Waals surface area contributed by atoms with E-state index in [4.69, 9.17) is 11.6 Å². The highest BCUT2D eigenvalue weighted by molar-refractivity contribution is 6.31.